The van der Waals surface area contributed by atoms with Crippen molar-refractivity contribution >= 4 is 28.7 Å². The van der Waals surface area contributed by atoms with Crippen LogP contribution in [0.25, 0.3) is 11.0 Å². The van der Waals surface area contributed by atoms with Crippen LogP contribution in [-0.2, 0) is 9.53 Å². The molecule has 1 heterocycles. The fraction of sp³-hybridized carbons (Fsp3) is 0.312. The third-order valence-electron chi connectivity index (χ3n) is 3.29. The lowest BCUT2D eigenvalue weighted by Crippen LogP contribution is -2.46. The maximum Gasteiger partial charge on any atom is 0.336 e. The summed E-state index contributed by atoms with van der Waals surface area (Å²) in [5.74, 6) is -0.616. The average Bonchev–Trinajstić information content (AvgIpc) is 2.51. The summed E-state index contributed by atoms with van der Waals surface area (Å²) < 4.78 is 9.69. The molecule has 0 spiro atoms. The zero-order valence-electron chi connectivity index (χ0n) is 13.1. The van der Waals surface area contributed by atoms with Gasteiger partial charge in [-0.3, -0.25) is 0 Å². The van der Waals surface area contributed by atoms with E-state index in [0.29, 0.717) is 16.7 Å². The largest absolute Gasteiger partial charge is 0.467 e. The Morgan fingerprint density at radius 3 is 2.57 bits per heavy atom. The van der Waals surface area contributed by atoms with Gasteiger partial charge in [0.15, 0.2) is 0 Å². The zero-order chi connectivity index (χ0) is 17.0. The van der Waals surface area contributed by atoms with E-state index in [9.17, 15) is 14.4 Å². The maximum absolute atomic E-state index is 12.0. The van der Waals surface area contributed by atoms with Crippen LogP contribution in [0.15, 0.2) is 39.5 Å². The summed E-state index contributed by atoms with van der Waals surface area (Å²) in [5, 5.41) is 5.89. The minimum Gasteiger partial charge on any atom is -0.467 e. The predicted molar refractivity (Wildman–Crippen MR) is 85.3 cm³/mol. The van der Waals surface area contributed by atoms with Crippen LogP contribution in [-0.4, -0.2) is 25.2 Å². The van der Waals surface area contributed by atoms with Crippen LogP contribution in [0.3, 0.4) is 0 Å². The highest BCUT2D eigenvalue weighted by Gasteiger charge is 2.24. The number of esters is 1. The number of carbonyl (C=O) groups excluding carboxylic acids is 2. The maximum atomic E-state index is 12.0. The molecule has 0 aliphatic heterocycles. The van der Waals surface area contributed by atoms with E-state index in [-0.39, 0.29) is 5.92 Å². The van der Waals surface area contributed by atoms with Gasteiger partial charge < -0.3 is 19.8 Å². The number of anilines is 1. The van der Waals surface area contributed by atoms with Crippen LogP contribution >= 0.6 is 0 Å². The summed E-state index contributed by atoms with van der Waals surface area (Å²) in [4.78, 5) is 34.8. The van der Waals surface area contributed by atoms with Crippen LogP contribution in [0.4, 0.5) is 10.5 Å². The molecule has 0 radical (unpaired) electrons. The molecule has 2 N–H and O–H groups in total. The Kier molecular flexibility index (Phi) is 5.00. The van der Waals surface area contributed by atoms with Crippen LogP contribution in [0, 0.1) is 5.92 Å². The van der Waals surface area contributed by atoms with Gasteiger partial charge in [0.2, 0.25) is 0 Å². The molecule has 1 aromatic carbocycles. The molecule has 0 saturated carbocycles. The lowest BCUT2D eigenvalue weighted by Gasteiger charge is -2.20. The molecule has 2 amide bonds. The van der Waals surface area contributed by atoms with Gasteiger partial charge in [0.25, 0.3) is 0 Å². The van der Waals surface area contributed by atoms with Crippen molar-refractivity contribution in [2.45, 2.75) is 19.9 Å². The monoisotopic (exact) mass is 318 g/mol. The first-order chi connectivity index (χ1) is 10.9. The van der Waals surface area contributed by atoms with Gasteiger partial charge in [0.1, 0.15) is 11.6 Å². The minimum atomic E-state index is -0.738. The Balaban J connectivity index is 2.12. The van der Waals surface area contributed by atoms with Crippen LogP contribution in [0.5, 0.6) is 0 Å². The number of rotatable bonds is 4. The van der Waals surface area contributed by atoms with E-state index in [1.807, 2.05) is 0 Å². The van der Waals surface area contributed by atoms with Gasteiger partial charge in [0.05, 0.1) is 7.11 Å². The Labute approximate surface area is 132 Å². The number of hydrogen-bond donors (Lipinski definition) is 2. The van der Waals surface area contributed by atoms with Crippen molar-refractivity contribution in [1.82, 2.24) is 5.32 Å². The number of hydrogen-bond acceptors (Lipinski definition) is 5. The van der Waals surface area contributed by atoms with E-state index < -0.39 is 23.7 Å². The second-order valence-corrected chi connectivity index (χ2v) is 5.35. The lowest BCUT2D eigenvalue weighted by atomic mass is 10.1. The molecular formula is C16H18N2O5. The lowest BCUT2D eigenvalue weighted by molar-refractivity contribution is -0.143. The summed E-state index contributed by atoms with van der Waals surface area (Å²) in [6.45, 7) is 3.61. The van der Waals surface area contributed by atoms with Gasteiger partial charge in [-0.25, -0.2) is 14.4 Å². The molecule has 1 atom stereocenters. The number of carbonyl (C=O) groups is 2. The summed E-state index contributed by atoms with van der Waals surface area (Å²) in [7, 11) is 1.27. The van der Waals surface area contributed by atoms with E-state index in [4.69, 9.17) is 4.42 Å². The quantitative estimate of drug-likeness (QED) is 0.664. The van der Waals surface area contributed by atoms with Crippen molar-refractivity contribution in [3.63, 3.8) is 0 Å². The fourth-order valence-corrected chi connectivity index (χ4v) is 2.08. The highest BCUT2D eigenvalue weighted by molar-refractivity contribution is 5.94. The number of methoxy groups -OCH3 is 1. The number of benzene rings is 1. The summed E-state index contributed by atoms with van der Waals surface area (Å²) in [6, 6.07) is 6.51. The van der Waals surface area contributed by atoms with E-state index in [1.165, 1.54) is 13.2 Å². The Bertz CT molecular complexity index is 781. The molecule has 2 aromatic rings. The number of ether oxygens (including phenoxy) is 1. The highest BCUT2D eigenvalue weighted by Crippen LogP contribution is 2.17. The molecule has 0 aliphatic carbocycles. The molecule has 23 heavy (non-hydrogen) atoms. The van der Waals surface area contributed by atoms with Crippen molar-refractivity contribution in [3.8, 4) is 0 Å². The zero-order valence-corrected chi connectivity index (χ0v) is 13.1. The first kappa shape index (κ1) is 16.5. The van der Waals surface area contributed by atoms with Crippen LogP contribution in [0.2, 0.25) is 0 Å². The van der Waals surface area contributed by atoms with E-state index in [1.54, 1.807) is 38.1 Å². The molecular weight excluding hydrogens is 300 g/mol. The van der Waals surface area contributed by atoms with Crippen molar-refractivity contribution in [1.29, 1.82) is 0 Å². The van der Waals surface area contributed by atoms with Crippen molar-refractivity contribution in [3.05, 3.63) is 40.8 Å². The first-order valence-electron chi connectivity index (χ1n) is 7.10. The smallest absolute Gasteiger partial charge is 0.336 e. The van der Waals surface area contributed by atoms with Gasteiger partial charge in [-0.1, -0.05) is 13.8 Å². The normalized spacial score (nSPS) is 12.0. The molecule has 2 rings (SSSR count). The highest BCUT2D eigenvalue weighted by atomic mass is 16.5. The third-order valence-corrected chi connectivity index (χ3v) is 3.29. The molecule has 0 saturated heterocycles. The van der Waals surface area contributed by atoms with Gasteiger partial charge in [0, 0.05) is 17.1 Å². The average molecular weight is 318 g/mol. The van der Waals surface area contributed by atoms with E-state index in [2.05, 4.69) is 15.4 Å². The van der Waals surface area contributed by atoms with Gasteiger partial charge in [-0.2, -0.15) is 0 Å². The topological polar surface area (TPSA) is 97.6 Å². The molecule has 122 valence electrons. The fourth-order valence-electron chi connectivity index (χ4n) is 2.08. The second kappa shape index (κ2) is 6.95. The van der Waals surface area contributed by atoms with E-state index >= 15 is 0 Å². The van der Waals surface area contributed by atoms with Gasteiger partial charge >= 0.3 is 17.6 Å². The Morgan fingerprint density at radius 1 is 1.17 bits per heavy atom. The molecule has 0 aliphatic rings. The molecule has 7 nitrogen and oxygen atoms in total. The van der Waals surface area contributed by atoms with Gasteiger partial charge in [-0.15, -0.1) is 0 Å². The standard InChI is InChI=1S/C16H18N2O5/c1-9(2)14(15(20)22-3)18-16(21)17-11-5-6-12-10(8-11)4-7-13(19)23-12/h4-9,14H,1-3H3,(H2,17,18,21)/t14-/m0/s1. The molecule has 0 bridgehead atoms. The Morgan fingerprint density at radius 2 is 1.91 bits per heavy atom. The van der Waals surface area contributed by atoms with Crippen molar-refractivity contribution in [2.75, 3.05) is 12.4 Å². The second-order valence-electron chi connectivity index (χ2n) is 5.35. The van der Waals surface area contributed by atoms with E-state index in [0.717, 1.165) is 0 Å². The SMILES string of the molecule is COC(=O)[C@@H](NC(=O)Nc1ccc2oc(=O)ccc2c1)C(C)C. The summed E-state index contributed by atoms with van der Waals surface area (Å²) in [5.41, 5.74) is 0.503. The van der Waals surface area contributed by atoms with Crippen LogP contribution in [0.1, 0.15) is 13.8 Å². The molecule has 1 aromatic heterocycles. The summed E-state index contributed by atoms with van der Waals surface area (Å²) >= 11 is 0. The number of amides is 2. The number of nitrogens with one attached hydrogen (secondary N) is 2. The van der Waals surface area contributed by atoms with Crippen molar-refractivity contribution in [2.24, 2.45) is 5.92 Å². The summed E-state index contributed by atoms with van der Waals surface area (Å²) in [6.07, 6.45) is 0. The minimum absolute atomic E-state index is 0.112. The predicted octanol–water partition coefficient (Wildman–Crippen LogP) is 2.11. The molecule has 7 heteroatoms. The number of urea groups is 1. The van der Waals surface area contributed by atoms with Crippen LogP contribution < -0.4 is 16.3 Å². The van der Waals surface area contributed by atoms with Crippen molar-refractivity contribution < 1.29 is 18.7 Å². The molecule has 0 fully saturated rings. The van der Waals surface area contributed by atoms with Gasteiger partial charge in [-0.05, 0) is 30.2 Å². The Hall–Kier alpha value is -2.83. The first-order valence-corrected chi connectivity index (χ1v) is 7.10. The molecule has 0 unspecified atom stereocenters. The number of fused-ring (bicyclic) bond motifs is 1. The third kappa shape index (κ3) is 4.09.